The normalized spacial score (nSPS) is 11.4. The maximum Gasteiger partial charge on any atom is 0.308 e. The van der Waals surface area contributed by atoms with Crippen LogP contribution in [-0.2, 0) is 14.3 Å². The van der Waals surface area contributed by atoms with Gasteiger partial charge in [-0.3, -0.25) is 14.4 Å². The minimum Gasteiger partial charge on any atom is -0.452 e. The number of aryl methyl sites for hydroxylation is 1. The molecular formula is C21H24N2O4. The highest BCUT2D eigenvalue weighted by atomic mass is 16.5. The molecule has 6 heteroatoms. The van der Waals surface area contributed by atoms with Crippen LogP contribution in [0.15, 0.2) is 54.6 Å². The molecule has 2 rings (SSSR count). The van der Waals surface area contributed by atoms with E-state index in [9.17, 15) is 14.4 Å². The predicted octanol–water partition coefficient (Wildman–Crippen LogP) is 2.71. The number of benzene rings is 2. The predicted molar refractivity (Wildman–Crippen MR) is 104 cm³/mol. The lowest BCUT2D eigenvalue weighted by molar-refractivity contribution is -0.153. The van der Waals surface area contributed by atoms with Crippen LogP contribution in [0.25, 0.3) is 0 Å². The van der Waals surface area contributed by atoms with E-state index in [4.69, 9.17) is 4.74 Å². The Kier molecular flexibility index (Phi) is 7.11. The molecular weight excluding hydrogens is 344 g/mol. The number of anilines is 1. The summed E-state index contributed by atoms with van der Waals surface area (Å²) in [4.78, 5) is 37.8. The number of nitrogens with zero attached hydrogens (tertiary/aromatic N) is 1. The second-order valence-corrected chi connectivity index (χ2v) is 6.24. The number of nitrogens with one attached hydrogen (secondary N) is 1. The summed E-state index contributed by atoms with van der Waals surface area (Å²) in [7, 11) is 1.63. The third-order valence-electron chi connectivity index (χ3n) is 4.03. The Morgan fingerprint density at radius 1 is 1.07 bits per heavy atom. The summed E-state index contributed by atoms with van der Waals surface area (Å²) in [6.45, 7) is 3.57. The number of likely N-dealkylation sites (N-methyl/N-ethyl adjacent to an activating group) is 1. The standard InChI is InChI=1S/C21H24N2O4/c1-15-8-7-9-17(14-15)20(25)22-13-12-19(24)27-16(2)21(26)23(3)18-10-5-4-6-11-18/h4-11,14,16H,12-13H2,1-3H3,(H,22,25)/t16-/m0/s1. The van der Waals surface area contributed by atoms with Crippen molar-refractivity contribution < 1.29 is 19.1 Å². The van der Waals surface area contributed by atoms with Gasteiger partial charge in [0.1, 0.15) is 0 Å². The second kappa shape index (κ2) is 9.52. The number of hydrogen-bond acceptors (Lipinski definition) is 4. The Labute approximate surface area is 159 Å². The quantitative estimate of drug-likeness (QED) is 0.763. The Hall–Kier alpha value is -3.15. The lowest BCUT2D eigenvalue weighted by Gasteiger charge is -2.21. The van der Waals surface area contributed by atoms with E-state index >= 15 is 0 Å². The Balaban J connectivity index is 1.78. The summed E-state index contributed by atoms with van der Waals surface area (Å²) in [5, 5.41) is 2.67. The first-order valence-electron chi connectivity index (χ1n) is 8.75. The summed E-state index contributed by atoms with van der Waals surface area (Å²) in [5.74, 6) is -1.11. The SMILES string of the molecule is Cc1cccc(C(=O)NCCC(=O)O[C@@H](C)C(=O)N(C)c2ccccc2)c1. The lowest BCUT2D eigenvalue weighted by atomic mass is 10.1. The first-order valence-corrected chi connectivity index (χ1v) is 8.75. The van der Waals surface area contributed by atoms with Crippen molar-refractivity contribution >= 4 is 23.5 Å². The molecule has 2 aromatic rings. The Bertz CT molecular complexity index is 805. The molecule has 0 aliphatic heterocycles. The van der Waals surface area contributed by atoms with Crippen LogP contribution in [0.3, 0.4) is 0 Å². The van der Waals surface area contributed by atoms with Gasteiger partial charge in [-0.15, -0.1) is 0 Å². The van der Waals surface area contributed by atoms with Gasteiger partial charge < -0.3 is 15.0 Å². The van der Waals surface area contributed by atoms with Gasteiger partial charge >= 0.3 is 5.97 Å². The molecule has 0 saturated carbocycles. The van der Waals surface area contributed by atoms with Crippen molar-refractivity contribution in [1.29, 1.82) is 0 Å². The van der Waals surface area contributed by atoms with Crippen LogP contribution in [0.5, 0.6) is 0 Å². The molecule has 0 heterocycles. The second-order valence-electron chi connectivity index (χ2n) is 6.24. The van der Waals surface area contributed by atoms with Gasteiger partial charge in [0.05, 0.1) is 6.42 Å². The van der Waals surface area contributed by atoms with Crippen molar-refractivity contribution in [2.24, 2.45) is 0 Å². The largest absolute Gasteiger partial charge is 0.452 e. The summed E-state index contributed by atoms with van der Waals surface area (Å²) in [6, 6.07) is 16.3. The van der Waals surface area contributed by atoms with Crippen molar-refractivity contribution in [2.75, 3.05) is 18.5 Å². The molecule has 0 aliphatic rings. The zero-order valence-corrected chi connectivity index (χ0v) is 15.8. The summed E-state index contributed by atoms with van der Waals surface area (Å²) >= 11 is 0. The Morgan fingerprint density at radius 3 is 2.44 bits per heavy atom. The van der Waals surface area contributed by atoms with Crippen LogP contribution < -0.4 is 10.2 Å². The number of carbonyl (C=O) groups excluding carboxylic acids is 3. The number of para-hydroxylation sites is 1. The van der Waals surface area contributed by atoms with E-state index in [0.717, 1.165) is 11.3 Å². The maximum absolute atomic E-state index is 12.4. The number of amides is 2. The molecule has 0 spiro atoms. The van der Waals surface area contributed by atoms with Crippen LogP contribution >= 0.6 is 0 Å². The summed E-state index contributed by atoms with van der Waals surface area (Å²) in [5.41, 5.74) is 2.24. The van der Waals surface area contributed by atoms with Crippen LogP contribution in [0.2, 0.25) is 0 Å². The average molecular weight is 368 g/mol. The van der Waals surface area contributed by atoms with E-state index in [2.05, 4.69) is 5.32 Å². The van der Waals surface area contributed by atoms with Crippen LogP contribution in [0.4, 0.5) is 5.69 Å². The number of hydrogen-bond donors (Lipinski definition) is 1. The molecule has 2 amide bonds. The molecule has 0 radical (unpaired) electrons. The maximum atomic E-state index is 12.4. The highest BCUT2D eigenvalue weighted by molar-refractivity contribution is 5.97. The fourth-order valence-corrected chi connectivity index (χ4v) is 2.52. The smallest absolute Gasteiger partial charge is 0.308 e. The minimum atomic E-state index is -0.907. The van der Waals surface area contributed by atoms with Gasteiger partial charge in [-0.1, -0.05) is 35.9 Å². The molecule has 27 heavy (non-hydrogen) atoms. The van der Waals surface area contributed by atoms with E-state index in [-0.39, 0.29) is 24.8 Å². The number of esters is 1. The zero-order valence-electron chi connectivity index (χ0n) is 15.8. The van der Waals surface area contributed by atoms with Crippen molar-refractivity contribution in [3.63, 3.8) is 0 Å². The molecule has 0 bridgehead atoms. The zero-order chi connectivity index (χ0) is 19.8. The number of ether oxygens (including phenoxy) is 1. The van der Waals surface area contributed by atoms with Gasteiger partial charge in [0, 0.05) is 24.8 Å². The first-order chi connectivity index (χ1) is 12.9. The highest BCUT2D eigenvalue weighted by Gasteiger charge is 2.22. The van der Waals surface area contributed by atoms with Gasteiger partial charge in [0.2, 0.25) is 0 Å². The van der Waals surface area contributed by atoms with Crippen molar-refractivity contribution in [3.8, 4) is 0 Å². The van der Waals surface area contributed by atoms with E-state index in [1.807, 2.05) is 31.2 Å². The number of carbonyl (C=O) groups is 3. The molecule has 0 saturated heterocycles. The minimum absolute atomic E-state index is 0.00970. The fourth-order valence-electron chi connectivity index (χ4n) is 2.52. The van der Waals surface area contributed by atoms with Crippen molar-refractivity contribution in [3.05, 3.63) is 65.7 Å². The van der Waals surface area contributed by atoms with E-state index in [1.54, 1.807) is 37.4 Å². The third-order valence-corrected chi connectivity index (χ3v) is 4.03. The van der Waals surface area contributed by atoms with E-state index in [0.29, 0.717) is 5.56 Å². The molecule has 0 fully saturated rings. The lowest BCUT2D eigenvalue weighted by Crippen LogP contribution is -2.38. The van der Waals surface area contributed by atoms with Crippen molar-refractivity contribution in [1.82, 2.24) is 5.32 Å². The molecule has 2 aromatic carbocycles. The molecule has 1 atom stereocenters. The van der Waals surface area contributed by atoms with E-state index in [1.165, 1.54) is 11.8 Å². The summed E-state index contributed by atoms with van der Waals surface area (Å²) in [6.07, 6.45) is -0.917. The Morgan fingerprint density at radius 2 is 1.78 bits per heavy atom. The van der Waals surface area contributed by atoms with Gasteiger partial charge in [-0.2, -0.15) is 0 Å². The molecule has 1 N–H and O–H groups in total. The number of rotatable bonds is 7. The van der Waals surface area contributed by atoms with Crippen molar-refractivity contribution in [2.45, 2.75) is 26.4 Å². The molecule has 0 aromatic heterocycles. The van der Waals surface area contributed by atoms with Gasteiger partial charge in [-0.25, -0.2) is 0 Å². The topological polar surface area (TPSA) is 75.7 Å². The molecule has 0 unspecified atom stereocenters. The van der Waals surface area contributed by atoms with Crippen LogP contribution in [0.1, 0.15) is 29.3 Å². The van der Waals surface area contributed by atoms with Crippen LogP contribution in [0, 0.1) is 6.92 Å². The monoisotopic (exact) mass is 368 g/mol. The van der Waals surface area contributed by atoms with E-state index < -0.39 is 12.1 Å². The van der Waals surface area contributed by atoms with Gasteiger partial charge in [0.15, 0.2) is 6.10 Å². The third kappa shape index (κ3) is 5.95. The van der Waals surface area contributed by atoms with Crippen LogP contribution in [-0.4, -0.2) is 37.5 Å². The average Bonchev–Trinajstić information content (AvgIpc) is 2.67. The fraction of sp³-hybridized carbons (Fsp3) is 0.286. The van der Waals surface area contributed by atoms with Gasteiger partial charge in [-0.05, 0) is 38.1 Å². The first kappa shape index (κ1) is 20.2. The summed E-state index contributed by atoms with van der Waals surface area (Å²) < 4.78 is 5.18. The molecule has 142 valence electrons. The van der Waals surface area contributed by atoms with Gasteiger partial charge in [0.25, 0.3) is 11.8 Å². The molecule has 6 nitrogen and oxygen atoms in total. The molecule has 0 aliphatic carbocycles. The highest BCUT2D eigenvalue weighted by Crippen LogP contribution is 2.13.